The number of carbonyl (C=O) groups excluding carboxylic acids is 1. The fourth-order valence-electron chi connectivity index (χ4n) is 2.37. The summed E-state index contributed by atoms with van der Waals surface area (Å²) < 4.78 is 5.39. The van der Waals surface area contributed by atoms with E-state index in [1.54, 1.807) is 6.07 Å². The number of ketones is 1. The number of likely N-dealkylation sites (tertiary alicyclic amines) is 1. The van der Waals surface area contributed by atoms with Gasteiger partial charge in [-0.25, -0.2) is 0 Å². The highest BCUT2D eigenvalue weighted by Gasteiger charge is 2.27. The van der Waals surface area contributed by atoms with Gasteiger partial charge in [-0.05, 0) is 45.0 Å². The van der Waals surface area contributed by atoms with Crippen LogP contribution in [0.5, 0.6) is 0 Å². The second kappa shape index (κ2) is 5.47. The van der Waals surface area contributed by atoms with Gasteiger partial charge in [-0.1, -0.05) is 0 Å². The highest BCUT2D eigenvalue weighted by atomic mass is 16.3. The van der Waals surface area contributed by atoms with Crippen LogP contribution >= 0.6 is 0 Å². The minimum absolute atomic E-state index is 0.120. The van der Waals surface area contributed by atoms with Gasteiger partial charge in [-0.15, -0.1) is 0 Å². The fraction of sp³-hybridized carbons (Fsp3) is 0.615. The largest absolute Gasteiger partial charge is 0.458 e. The number of hydrogen-bond acceptors (Lipinski definition) is 4. The van der Waals surface area contributed by atoms with Gasteiger partial charge in [0.15, 0.2) is 5.76 Å². The summed E-state index contributed by atoms with van der Waals surface area (Å²) >= 11 is 0. The molecule has 0 aliphatic carbocycles. The molecule has 1 saturated heterocycles. The molecule has 2 rings (SSSR count). The minimum atomic E-state index is 0.120. The lowest BCUT2D eigenvalue weighted by molar-refractivity contribution is 0.0813. The molecule has 1 fully saturated rings. The first-order valence-corrected chi connectivity index (χ1v) is 6.24. The second-order valence-electron chi connectivity index (χ2n) is 4.68. The average Bonchev–Trinajstić information content (AvgIpc) is 2.76. The van der Waals surface area contributed by atoms with E-state index in [0.717, 1.165) is 38.2 Å². The maximum absolute atomic E-state index is 12.1. The molecule has 4 heteroatoms. The number of carbonyl (C=O) groups is 1. The van der Waals surface area contributed by atoms with Gasteiger partial charge in [0.25, 0.3) is 0 Å². The Bertz CT molecular complexity index is 379. The normalized spacial score (nSPS) is 18.5. The van der Waals surface area contributed by atoms with Gasteiger partial charge in [0.05, 0.1) is 0 Å². The Morgan fingerprint density at radius 1 is 1.47 bits per heavy atom. The van der Waals surface area contributed by atoms with Crippen molar-refractivity contribution in [1.29, 1.82) is 0 Å². The van der Waals surface area contributed by atoms with Crippen molar-refractivity contribution in [2.45, 2.75) is 19.8 Å². The second-order valence-corrected chi connectivity index (χ2v) is 4.68. The van der Waals surface area contributed by atoms with Gasteiger partial charge in [0.1, 0.15) is 5.76 Å². The van der Waals surface area contributed by atoms with Crippen molar-refractivity contribution in [3.8, 4) is 0 Å². The molecule has 2 N–H and O–H groups in total. The van der Waals surface area contributed by atoms with Gasteiger partial charge in [0.2, 0.25) is 5.78 Å². The maximum Gasteiger partial charge on any atom is 0.201 e. The van der Waals surface area contributed by atoms with E-state index in [9.17, 15) is 4.79 Å². The van der Waals surface area contributed by atoms with Crippen LogP contribution in [0, 0.1) is 12.8 Å². The van der Waals surface area contributed by atoms with Crippen LogP contribution in [0.4, 0.5) is 0 Å². The predicted octanol–water partition coefficient (Wildman–Crippen LogP) is 1.44. The lowest BCUT2D eigenvalue weighted by Crippen LogP contribution is -2.38. The third kappa shape index (κ3) is 2.96. The molecule has 2 heterocycles. The molecular weight excluding hydrogens is 216 g/mol. The van der Waals surface area contributed by atoms with Gasteiger partial charge < -0.3 is 15.1 Å². The maximum atomic E-state index is 12.1. The Morgan fingerprint density at radius 3 is 2.71 bits per heavy atom. The van der Waals surface area contributed by atoms with Crippen molar-refractivity contribution in [2.75, 3.05) is 26.2 Å². The summed E-state index contributed by atoms with van der Waals surface area (Å²) in [5, 5.41) is 0. The smallest absolute Gasteiger partial charge is 0.201 e. The summed E-state index contributed by atoms with van der Waals surface area (Å²) in [6.45, 7) is 5.41. The van der Waals surface area contributed by atoms with E-state index in [-0.39, 0.29) is 11.7 Å². The number of aryl methyl sites for hydroxylation is 1. The van der Waals surface area contributed by atoms with Crippen molar-refractivity contribution >= 4 is 5.78 Å². The molecule has 0 atom stereocenters. The van der Waals surface area contributed by atoms with Crippen LogP contribution in [0.15, 0.2) is 16.5 Å². The molecule has 0 amide bonds. The zero-order valence-corrected chi connectivity index (χ0v) is 10.3. The summed E-state index contributed by atoms with van der Waals surface area (Å²) in [7, 11) is 0. The topological polar surface area (TPSA) is 59.5 Å². The number of rotatable bonds is 4. The van der Waals surface area contributed by atoms with E-state index < -0.39 is 0 Å². The average molecular weight is 236 g/mol. The third-order valence-corrected chi connectivity index (χ3v) is 3.39. The van der Waals surface area contributed by atoms with Crippen LogP contribution < -0.4 is 5.73 Å². The monoisotopic (exact) mass is 236 g/mol. The molecule has 1 aliphatic rings. The molecule has 0 bridgehead atoms. The van der Waals surface area contributed by atoms with Gasteiger partial charge >= 0.3 is 0 Å². The Labute approximate surface area is 102 Å². The summed E-state index contributed by atoms with van der Waals surface area (Å²) in [5.41, 5.74) is 5.52. The van der Waals surface area contributed by atoms with E-state index in [4.69, 9.17) is 10.2 Å². The van der Waals surface area contributed by atoms with Crippen LogP contribution in [-0.2, 0) is 0 Å². The number of hydrogen-bond donors (Lipinski definition) is 1. The van der Waals surface area contributed by atoms with Crippen LogP contribution in [0.3, 0.4) is 0 Å². The Balaban J connectivity index is 1.90. The molecule has 0 saturated carbocycles. The van der Waals surface area contributed by atoms with Crippen LogP contribution in [0.1, 0.15) is 29.2 Å². The summed E-state index contributed by atoms with van der Waals surface area (Å²) in [5.74, 6) is 1.59. The van der Waals surface area contributed by atoms with E-state index in [1.807, 2.05) is 13.0 Å². The Hall–Kier alpha value is -1.13. The number of Topliss-reactive ketones (excluding diaryl/α,β-unsaturated/α-hetero) is 1. The zero-order valence-electron chi connectivity index (χ0n) is 10.3. The summed E-state index contributed by atoms with van der Waals surface area (Å²) in [6.07, 6.45) is 1.83. The molecule has 0 spiro atoms. The summed E-state index contributed by atoms with van der Waals surface area (Å²) in [4.78, 5) is 14.5. The van der Waals surface area contributed by atoms with Gasteiger partial charge in [-0.3, -0.25) is 4.79 Å². The van der Waals surface area contributed by atoms with Gasteiger partial charge in [-0.2, -0.15) is 0 Å². The lowest BCUT2D eigenvalue weighted by Gasteiger charge is -2.30. The van der Waals surface area contributed by atoms with Crippen LogP contribution in [-0.4, -0.2) is 36.9 Å². The summed E-state index contributed by atoms with van der Waals surface area (Å²) in [6, 6.07) is 3.63. The molecule has 4 nitrogen and oxygen atoms in total. The first-order valence-electron chi connectivity index (χ1n) is 6.24. The number of nitrogens with zero attached hydrogens (tertiary/aromatic N) is 1. The van der Waals surface area contributed by atoms with E-state index in [0.29, 0.717) is 12.3 Å². The lowest BCUT2D eigenvalue weighted by atomic mass is 9.91. The molecule has 94 valence electrons. The molecule has 1 aromatic rings. The van der Waals surface area contributed by atoms with Crippen molar-refractivity contribution in [3.63, 3.8) is 0 Å². The minimum Gasteiger partial charge on any atom is -0.458 e. The third-order valence-electron chi connectivity index (χ3n) is 3.39. The van der Waals surface area contributed by atoms with Crippen LogP contribution in [0.25, 0.3) is 0 Å². The van der Waals surface area contributed by atoms with Crippen LogP contribution in [0.2, 0.25) is 0 Å². The standard InChI is InChI=1S/C13H20N2O2/c1-10-2-3-12(17-10)13(16)11-4-7-15(8-5-11)9-6-14/h2-3,11H,4-9,14H2,1H3. The molecular formula is C13H20N2O2. The molecule has 1 aromatic heterocycles. The van der Waals surface area contributed by atoms with Gasteiger partial charge in [0, 0.05) is 19.0 Å². The Morgan fingerprint density at radius 2 is 2.18 bits per heavy atom. The molecule has 1 aliphatic heterocycles. The van der Waals surface area contributed by atoms with Crippen molar-refractivity contribution in [1.82, 2.24) is 4.90 Å². The molecule has 0 unspecified atom stereocenters. The molecule has 0 radical (unpaired) electrons. The number of furan rings is 1. The number of nitrogens with two attached hydrogens (primary N) is 1. The molecule has 0 aromatic carbocycles. The predicted molar refractivity (Wildman–Crippen MR) is 66.0 cm³/mol. The van der Waals surface area contributed by atoms with Crippen molar-refractivity contribution < 1.29 is 9.21 Å². The van der Waals surface area contributed by atoms with E-state index in [2.05, 4.69) is 4.90 Å². The highest BCUT2D eigenvalue weighted by molar-refractivity contribution is 5.95. The van der Waals surface area contributed by atoms with E-state index >= 15 is 0 Å². The highest BCUT2D eigenvalue weighted by Crippen LogP contribution is 2.22. The van der Waals surface area contributed by atoms with Crippen molar-refractivity contribution in [2.24, 2.45) is 11.7 Å². The van der Waals surface area contributed by atoms with E-state index in [1.165, 1.54) is 0 Å². The fourth-order valence-corrected chi connectivity index (χ4v) is 2.37. The SMILES string of the molecule is Cc1ccc(C(=O)C2CCN(CCN)CC2)o1. The zero-order chi connectivity index (χ0) is 12.3. The Kier molecular flexibility index (Phi) is 3.97. The number of piperidine rings is 1. The molecule has 17 heavy (non-hydrogen) atoms. The quantitative estimate of drug-likeness (QED) is 0.804. The first kappa shape index (κ1) is 12.3. The van der Waals surface area contributed by atoms with Crippen molar-refractivity contribution in [3.05, 3.63) is 23.7 Å². The first-order chi connectivity index (χ1) is 8.20.